The highest BCUT2D eigenvalue weighted by Crippen LogP contribution is 2.38. The lowest BCUT2D eigenvalue weighted by Crippen LogP contribution is -2.33. The van der Waals surface area contributed by atoms with Gasteiger partial charge in [-0.3, -0.25) is 4.79 Å². The van der Waals surface area contributed by atoms with Crippen LogP contribution in [0.25, 0.3) is 0 Å². The molecule has 2 heterocycles. The second kappa shape index (κ2) is 4.47. The van der Waals surface area contributed by atoms with E-state index >= 15 is 0 Å². The van der Waals surface area contributed by atoms with Crippen LogP contribution in [-0.4, -0.2) is 17.4 Å². The van der Waals surface area contributed by atoms with Crippen molar-refractivity contribution in [2.45, 2.75) is 24.9 Å². The molecule has 1 aromatic heterocycles. The molecule has 0 aliphatic carbocycles. The Hall–Kier alpha value is -1.79. The van der Waals surface area contributed by atoms with Crippen molar-refractivity contribution >= 4 is 11.7 Å². The first kappa shape index (κ1) is 12.7. The lowest BCUT2D eigenvalue weighted by molar-refractivity contribution is -0.138. The summed E-state index contributed by atoms with van der Waals surface area (Å²) in [6.45, 7) is 0.380. The molecule has 0 unspecified atom stereocenters. The number of aromatic nitrogens is 1. The smallest absolute Gasteiger partial charge is 0.384 e. The first-order valence-corrected chi connectivity index (χ1v) is 5.47. The third kappa shape index (κ3) is 2.55. The Morgan fingerprint density at radius 2 is 2.17 bits per heavy atom. The largest absolute Gasteiger partial charge is 0.416 e. The van der Waals surface area contributed by atoms with Gasteiger partial charge in [-0.15, -0.1) is 0 Å². The summed E-state index contributed by atoms with van der Waals surface area (Å²) in [5, 5.41) is 2.59. The van der Waals surface area contributed by atoms with E-state index in [0.717, 1.165) is 12.3 Å². The highest BCUT2D eigenvalue weighted by molar-refractivity contribution is 5.77. The highest BCUT2D eigenvalue weighted by Gasteiger charge is 2.36. The fourth-order valence-electron chi connectivity index (χ4n) is 2.10. The van der Waals surface area contributed by atoms with Crippen molar-refractivity contribution in [1.82, 2.24) is 10.3 Å². The number of nitrogens with two attached hydrogens (primary N) is 1. The van der Waals surface area contributed by atoms with Crippen LogP contribution in [0.2, 0.25) is 0 Å². The fourth-order valence-corrected chi connectivity index (χ4v) is 2.10. The molecule has 0 aromatic carbocycles. The number of halogens is 3. The van der Waals surface area contributed by atoms with Crippen LogP contribution in [0.4, 0.5) is 19.0 Å². The van der Waals surface area contributed by atoms with Gasteiger partial charge in [0.25, 0.3) is 0 Å². The van der Waals surface area contributed by atoms with E-state index in [4.69, 9.17) is 5.73 Å². The van der Waals surface area contributed by atoms with Gasteiger partial charge in [0.15, 0.2) is 0 Å². The molecule has 98 valence electrons. The number of nitrogens with one attached hydrogen (secondary N) is 1. The number of carbonyl (C=O) groups excluding carboxylic acids is 1. The van der Waals surface area contributed by atoms with Gasteiger partial charge in [0.2, 0.25) is 5.91 Å². The molecule has 7 heteroatoms. The molecule has 1 aliphatic rings. The fraction of sp³-hybridized carbons (Fsp3) is 0.455. The van der Waals surface area contributed by atoms with Crippen LogP contribution < -0.4 is 11.1 Å². The topological polar surface area (TPSA) is 68.0 Å². The molecule has 4 nitrogen and oxygen atoms in total. The van der Waals surface area contributed by atoms with Crippen LogP contribution in [-0.2, 0) is 11.0 Å². The molecule has 1 amide bonds. The molecule has 0 bridgehead atoms. The van der Waals surface area contributed by atoms with Crippen LogP contribution in [0.1, 0.15) is 29.9 Å². The molecule has 18 heavy (non-hydrogen) atoms. The van der Waals surface area contributed by atoms with E-state index in [0.29, 0.717) is 13.0 Å². The van der Waals surface area contributed by atoms with Gasteiger partial charge in [0.05, 0.1) is 5.56 Å². The van der Waals surface area contributed by atoms with E-state index in [1.54, 1.807) is 0 Å². The van der Waals surface area contributed by atoms with Crippen molar-refractivity contribution < 1.29 is 18.0 Å². The zero-order chi connectivity index (χ0) is 13.3. The summed E-state index contributed by atoms with van der Waals surface area (Å²) in [4.78, 5) is 14.9. The number of pyridine rings is 1. The number of alkyl halides is 3. The third-order valence-corrected chi connectivity index (χ3v) is 2.95. The summed E-state index contributed by atoms with van der Waals surface area (Å²) in [6, 6.07) is 0.821. The Balaban J connectivity index is 2.40. The van der Waals surface area contributed by atoms with Crippen molar-refractivity contribution in [3.63, 3.8) is 0 Å². The second-order valence-electron chi connectivity index (χ2n) is 4.23. The predicted molar refractivity (Wildman–Crippen MR) is 58.6 cm³/mol. The average Bonchev–Trinajstić information content (AvgIpc) is 2.27. The minimum absolute atomic E-state index is 0.0477. The van der Waals surface area contributed by atoms with Gasteiger partial charge in [-0.25, -0.2) is 4.98 Å². The van der Waals surface area contributed by atoms with Gasteiger partial charge in [-0.1, -0.05) is 0 Å². The van der Waals surface area contributed by atoms with Crippen LogP contribution in [0.3, 0.4) is 0 Å². The standard InChI is InChI=1S/C11H12F3N3O/c12-11(13,14)8-4-9(15)17-5-7(8)6-1-2-16-10(18)3-6/h4-6H,1-3H2,(H2,15,17)(H,16,18)/t6-/m1/s1. The molecule has 2 rings (SSSR count). The van der Waals surface area contributed by atoms with Crippen molar-refractivity contribution in [1.29, 1.82) is 0 Å². The first-order chi connectivity index (χ1) is 8.38. The minimum atomic E-state index is -4.49. The molecule has 1 aromatic rings. The summed E-state index contributed by atoms with van der Waals surface area (Å²) in [5.41, 5.74) is 4.54. The maximum Gasteiger partial charge on any atom is 0.416 e. The SMILES string of the molecule is Nc1cc(C(F)(F)F)c([C@@H]2CCNC(=O)C2)cn1. The van der Waals surface area contributed by atoms with Gasteiger partial charge >= 0.3 is 6.18 Å². The number of carbonyl (C=O) groups is 1. The van der Waals surface area contributed by atoms with Crippen molar-refractivity contribution in [3.05, 3.63) is 23.4 Å². The highest BCUT2D eigenvalue weighted by atomic mass is 19.4. The summed E-state index contributed by atoms with van der Waals surface area (Å²) in [5.74, 6) is -0.869. The van der Waals surface area contributed by atoms with Crippen molar-refractivity contribution in [2.75, 3.05) is 12.3 Å². The van der Waals surface area contributed by atoms with Crippen LogP contribution in [0.5, 0.6) is 0 Å². The Bertz CT molecular complexity index is 473. The van der Waals surface area contributed by atoms with E-state index in [2.05, 4.69) is 10.3 Å². The van der Waals surface area contributed by atoms with Gasteiger partial charge in [0.1, 0.15) is 5.82 Å². The summed E-state index contributed by atoms with van der Waals surface area (Å²) in [6.07, 6.45) is -2.84. The number of rotatable bonds is 1. The molecular formula is C11H12F3N3O. The van der Waals surface area contributed by atoms with E-state index < -0.39 is 17.7 Å². The molecule has 1 fully saturated rings. The lowest BCUT2D eigenvalue weighted by Gasteiger charge is -2.25. The summed E-state index contributed by atoms with van der Waals surface area (Å²) < 4.78 is 38.7. The Kier molecular flexibility index (Phi) is 3.14. The van der Waals surface area contributed by atoms with Crippen LogP contribution >= 0.6 is 0 Å². The van der Waals surface area contributed by atoms with Gasteiger partial charge in [0, 0.05) is 19.2 Å². The summed E-state index contributed by atoms with van der Waals surface area (Å²) >= 11 is 0. The number of hydrogen-bond donors (Lipinski definition) is 2. The zero-order valence-corrected chi connectivity index (χ0v) is 9.42. The second-order valence-corrected chi connectivity index (χ2v) is 4.23. The number of amides is 1. The van der Waals surface area contributed by atoms with Gasteiger partial charge < -0.3 is 11.1 Å². The Morgan fingerprint density at radius 1 is 1.44 bits per heavy atom. The maximum absolute atomic E-state index is 12.9. The molecule has 3 N–H and O–H groups in total. The quantitative estimate of drug-likeness (QED) is 0.806. The lowest BCUT2D eigenvalue weighted by atomic mass is 9.88. The van der Waals surface area contributed by atoms with E-state index in [1.807, 2.05) is 0 Å². The minimum Gasteiger partial charge on any atom is -0.384 e. The summed E-state index contributed by atoms with van der Waals surface area (Å²) in [7, 11) is 0. The predicted octanol–water partition coefficient (Wildman–Crippen LogP) is 1.68. The number of piperidine rings is 1. The number of anilines is 1. The Labute approximate surface area is 101 Å². The van der Waals surface area contributed by atoms with E-state index in [-0.39, 0.29) is 23.7 Å². The average molecular weight is 259 g/mol. The normalized spacial score (nSPS) is 20.6. The molecule has 0 saturated carbocycles. The van der Waals surface area contributed by atoms with E-state index in [9.17, 15) is 18.0 Å². The Morgan fingerprint density at radius 3 is 2.78 bits per heavy atom. The zero-order valence-electron chi connectivity index (χ0n) is 9.42. The number of hydrogen-bond acceptors (Lipinski definition) is 3. The third-order valence-electron chi connectivity index (χ3n) is 2.95. The van der Waals surface area contributed by atoms with Crippen LogP contribution in [0.15, 0.2) is 12.3 Å². The molecule has 1 saturated heterocycles. The monoisotopic (exact) mass is 259 g/mol. The number of nitrogens with zero attached hydrogens (tertiary/aromatic N) is 1. The first-order valence-electron chi connectivity index (χ1n) is 5.47. The molecular weight excluding hydrogens is 247 g/mol. The number of nitrogen functional groups attached to an aromatic ring is 1. The molecule has 1 atom stereocenters. The molecule has 1 aliphatic heterocycles. The van der Waals surface area contributed by atoms with Gasteiger partial charge in [-0.2, -0.15) is 13.2 Å². The van der Waals surface area contributed by atoms with Crippen molar-refractivity contribution in [3.8, 4) is 0 Å². The molecule has 0 radical (unpaired) electrons. The van der Waals surface area contributed by atoms with Gasteiger partial charge in [-0.05, 0) is 24.0 Å². The van der Waals surface area contributed by atoms with Crippen molar-refractivity contribution in [2.24, 2.45) is 0 Å². The molecule has 0 spiro atoms. The van der Waals surface area contributed by atoms with Crippen LogP contribution in [0, 0.1) is 0 Å². The van der Waals surface area contributed by atoms with E-state index in [1.165, 1.54) is 0 Å². The maximum atomic E-state index is 12.9.